The van der Waals surface area contributed by atoms with Crippen LogP contribution in [0.15, 0.2) is 35.7 Å². The van der Waals surface area contributed by atoms with Gasteiger partial charge in [-0.1, -0.05) is 49.6 Å². The van der Waals surface area contributed by atoms with Gasteiger partial charge in [-0.15, -0.1) is 0 Å². The highest BCUT2D eigenvalue weighted by Gasteiger charge is 2.25. The quantitative estimate of drug-likeness (QED) is 0.848. The number of hydrogen-bond acceptors (Lipinski definition) is 2. The molecule has 0 saturated heterocycles. The maximum absolute atomic E-state index is 12.2. The van der Waals surface area contributed by atoms with E-state index < -0.39 is 10.0 Å². The molecule has 1 aromatic carbocycles. The second kappa shape index (κ2) is 6.35. The van der Waals surface area contributed by atoms with Crippen LogP contribution in [0.1, 0.15) is 37.7 Å². The Bertz CT molecular complexity index is 516. The lowest BCUT2D eigenvalue weighted by Gasteiger charge is -2.29. The summed E-state index contributed by atoms with van der Waals surface area (Å²) in [5.74, 6) is 0. The van der Waals surface area contributed by atoms with Crippen molar-refractivity contribution < 1.29 is 8.42 Å². The summed E-state index contributed by atoms with van der Waals surface area (Å²) in [5.41, 5.74) is 0.906. The van der Waals surface area contributed by atoms with Crippen LogP contribution in [-0.4, -0.2) is 25.8 Å². The van der Waals surface area contributed by atoms with Gasteiger partial charge in [0.05, 0.1) is 0 Å². The minimum absolute atomic E-state index is 0.166. The Hall–Kier alpha value is -1.13. The molecule has 0 heterocycles. The molecule has 4 heteroatoms. The molecule has 3 nitrogen and oxygen atoms in total. The monoisotopic (exact) mass is 279 g/mol. The highest BCUT2D eigenvalue weighted by Crippen LogP contribution is 2.24. The van der Waals surface area contributed by atoms with E-state index in [2.05, 4.69) is 0 Å². The van der Waals surface area contributed by atoms with E-state index in [1.165, 1.54) is 16.1 Å². The van der Waals surface area contributed by atoms with Crippen LogP contribution in [0, 0.1) is 0 Å². The average Bonchev–Trinajstić information content (AvgIpc) is 2.46. The zero-order valence-corrected chi connectivity index (χ0v) is 12.1. The molecule has 1 saturated carbocycles. The van der Waals surface area contributed by atoms with E-state index in [0.29, 0.717) is 0 Å². The van der Waals surface area contributed by atoms with Crippen LogP contribution < -0.4 is 0 Å². The molecule has 1 fully saturated rings. The second-order valence-corrected chi connectivity index (χ2v) is 6.94. The number of rotatable bonds is 4. The van der Waals surface area contributed by atoms with Gasteiger partial charge >= 0.3 is 0 Å². The topological polar surface area (TPSA) is 37.4 Å². The third-order valence-electron chi connectivity index (χ3n) is 3.72. The smallest absolute Gasteiger partial charge is 0.208 e. The summed E-state index contributed by atoms with van der Waals surface area (Å²) in [6.07, 6.45) is 7.11. The Morgan fingerprint density at radius 1 is 1.11 bits per heavy atom. The SMILES string of the molecule is CN(C1CCCCC1)S(=O)(=O)C=Cc1ccccc1. The molecule has 19 heavy (non-hydrogen) atoms. The first kappa shape index (κ1) is 14.3. The molecule has 0 aliphatic heterocycles. The Morgan fingerprint density at radius 2 is 1.74 bits per heavy atom. The van der Waals surface area contributed by atoms with Gasteiger partial charge < -0.3 is 0 Å². The van der Waals surface area contributed by atoms with E-state index in [4.69, 9.17) is 0 Å². The van der Waals surface area contributed by atoms with Crippen LogP contribution in [0.3, 0.4) is 0 Å². The maximum Gasteiger partial charge on any atom is 0.236 e. The highest BCUT2D eigenvalue weighted by molar-refractivity contribution is 7.92. The highest BCUT2D eigenvalue weighted by atomic mass is 32.2. The van der Waals surface area contributed by atoms with Gasteiger partial charge in [0, 0.05) is 18.5 Å². The van der Waals surface area contributed by atoms with E-state index in [0.717, 1.165) is 31.2 Å². The van der Waals surface area contributed by atoms with Crippen LogP contribution in [0.4, 0.5) is 0 Å². The molecule has 2 rings (SSSR count). The van der Waals surface area contributed by atoms with Crippen molar-refractivity contribution in [1.29, 1.82) is 0 Å². The second-order valence-electron chi connectivity index (χ2n) is 5.07. The Balaban J connectivity index is 2.07. The first-order valence-electron chi connectivity index (χ1n) is 6.81. The van der Waals surface area contributed by atoms with Gasteiger partial charge in [-0.05, 0) is 24.5 Å². The Kier molecular flexibility index (Phi) is 4.77. The third-order valence-corrected chi connectivity index (χ3v) is 5.30. The molecule has 0 atom stereocenters. The van der Waals surface area contributed by atoms with Crippen molar-refractivity contribution >= 4 is 16.1 Å². The van der Waals surface area contributed by atoms with Gasteiger partial charge in [0.15, 0.2) is 0 Å². The van der Waals surface area contributed by atoms with Gasteiger partial charge in [-0.2, -0.15) is 4.31 Å². The van der Waals surface area contributed by atoms with Crippen molar-refractivity contribution in [1.82, 2.24) is 4.31 Å². The van der Waals surface area contributed by atoms with Crippen molar-refractivity contribution in [2.45, 2.75) is 38.1 Å². The zero-order chi connectivity index (χ0) is 13.7. The number of hydrogen-bond donors (Lipinski definition) is 0. The molecule has 1 aliphatic rings. The van der Waals surface area contributed by atoms with Crippen molar-refractivity contribution in [3.63, 3.8) is 0 Å². The normalized spacial score (nSPS) is 18.2. The molecule has 104 valence electrons. The van der Waals surface area contributed by atoms with Crippen LogP contribution >= 0.6 is 0 Å². The van der Waals surface area contributed by atoms with Gasteiger partial charge in [0.25, 0.3) is 0 Å². The summed E-state index contributed by atoms with van der Waals surface area (Å²) in [7, 11) is -1.61. The van der Waals surface area contributed by atoms with Crippen molar-refractivity contribution in [2.24, 2.45) is 0 Å². The van der Waals surface area contributed by atoms with E-state index in [1.807, 2.05) is 30.3 Å². The average molecular weight is 279 g/mol. The van der Waals surface area contributed by atoms with Crippen molar-refractivity contribution in [3.05, 3.63) is 41.3 Å². The largest absolute Gasteiger partial charge is 0.236 e. The fourth-order valence-corrected chi connectivity index (χ4v) is 3.62. The number of nitrogens with zero attached hydrogens (tertiary/aromatic N) is 1. The first-order chi connectivity index (χ1) is 9.09. The van der Waals surface area contributed by atoms with Gasteiger partial charge in [0.1, 0.15) is 0 Å². The predicted molar refractivity (Wildman–Crippen MR) is 79.0 cm³/mol. The lowest BCUT2D eigenvalue weighted by Crippen LogP contribution is -2.37. The fraction of sp³-hybridized carbons (Fsp3) is 0.467. The molecule has 0 unspecified atom stereocenters. The molecule has 0 aromatic heterocycles. The third kappa shape index (κ3) is 3.91. The Morgan fingerprint density at radius 3 is 2.37 bits per heavy atom. The van der Waals surface area contributed by atoms with E-state index >= 15 is 0 Å². The molecule has 0 bridgehead atoms. The molecular formula is C15H21NO2S. The summed E-state index contributed by atoms with van der Waals surface area (Å²) in [6, 6.07) is 9.67. The lowest BCUT2D eigenvalue weighted by atomic mass is 9.96. The summed E-state index contributed by atoms with van der Waals surface area (Å²) < 4.78 is 26.0. The summed E-state index contributed by atoms with van der Waals surface area (Å²) in [6.45, 7) is 0. The molecule has 1 aliphatic carbocycles. The lowest BCUT2D eigenvalue weighted by molar-refractivity contribution is 0.288. The molecule has 1 aromatic rings. The van der Waals surface area contributed by atoms with Gasteiger partial charge in [-0.3, -0.25) is 0 Å². The molecule has 0 amide bonds. The maximum atomic E-state index is 12.2. The minimum atomic E-state index is -3.31. The van der Waals surface area contributed by atoms with Crippen LogP contribution in [0.25, 0.3) is 6.08 Å². The standard InChI is InChI=1S/C15H21NO2S/c1-16(15-10-6-3-7-11-15)19(17,18)13-12-14-8-4-2-5-9-14/h2,4-5,8-9,12-13,15H,3,6-7,10-11H2,1H3. The van der Waals surface area contributed by atoms with E-state index in [-0.39, 0.29) is 6.04 Å². The zero-order valence-electron chi connectivity index (χ0n) is 11.3. The van der Waals surface area contributed by atoms with Gasteiger partial charge in [-0.25, -0.2) is 8.42 Å². The first-order valence-corrected chi connectivity index (χ1v) is 8.31. The summed E-state index contributed by atoms with van der Waals surface area (Å²) in [5, 5.41) is 1.32. The van der Waals surface area contributed by atoms with E-state index in [1.54, 1.807) is 13.1 Å². The fourth-order valence-electron chi connectivity index (χ4n) is 2.48. The number of benzene rings is 1. The van der Waals surface area contributed by atoms with Crippen LogP contribution in [0.2, 0.25) is 0 Å². The van der Waals surface area contributed by atoms with Gasteiger partial charge in [0.2, 0.25) is 10.0 Å². The summed E-state index contributed by atoms with van der Waals surface area (Å²) in [4.78, 5) is 0. The Labute approximate surface area is 116 Å². The number of sulfonamides is 1. The van der Waals surface area contributed by atoms with Crippen LogP contribution in [0.5, 0.6) is 0 Å². The molecule has 0 spiro atoms. The summed E-state index contributed by atoms with van der Waals surface area (Å²) >= 11 is 0. The molecule has 0 N–H and O–H groups in total. The molecular weight excluding hydrogens is 258 g/mol. The van der Waals surface area contributed by atoms with E-state index in [9.17, 15) is 8.42 Å². The van der Waals surface area contributed by atoms with Crippen LogP contribution in [-0.2, 0) is 10.0 Å². The minimum Gasteiger partial charge on any atom is -0.208 e. The predicted octanol–water partition coefficient (Wildman–Crippen LogP) is 3.25. The van der Waals surface area contributed by atoms with Crippen molar-refractivity contribution in [3.8, 4) is 0 Å². The molecule has 0 radical (unpaired) electrons. The van der Waals surface area contributed by atoms with Crippen molar-refractivity contribution in [2.75, 3.05) is 7.05 Å².